The van der Waals surface area contributed by atoms with E-state index in [0.717, 1.165) is 37.4 Å². The lowest BCUT2D eigenvalue weighted by Gasteiger charge is -2.19. The highest BCUT2D eigenvalue weighted by Gasteiger charge is 2.21. The van der Waals surface area contributed by atoms with Gasteiger partial charge in [0.2, 0.25) is 5.95 Å². The van der Waals surface area contributed by atoms with Crippen LogP contribution in [0.5, 0.6) is 0 Å². The highest BCUT2D eigenvalue weighted by atomic mass is 16.5. The van der Waals surface area contributed by atoms with Crippen LogP contribution >= 0.6 is 0 Å². The molecule has 1 aromatic carbocycles. The van der Waals surface area contributed by atoms with E-state index in [0.29, 0.717) is 46.5 Å². The number of nitrogens with one attached hydrogen (secondary N) is 2. The molecule has 0 aliphatic carbocycles. The zero-order valence-corrected chi connectivity index (χ0v) is 21.4. The second-order valence-electron chi connectivity index (χ2n) is 10.0. The van der Waals surface area contributed by atoms with Gasteiger partial charge < -0.3 is 24.8 Å². The predicted octanol–water partition coefficient (Wildman–Crippen LogP) is 4.24. The molecule has 1 aliphatic rings. The SMILES string of the molecule is Cc1ccc(C(=O)Nc2cc(C(C)(C)C)on2)cc1Nc1ncnc2cnc(N3CCCOCC3)nc12. The summed E-state index contributed by atoms with van der Waals surface area (Å²) in [5.41, 5.74) is 3.16. The fourth-order valence-corrected chi connectivity index (χ4v) is 3.94. The molecule has 4 heterocycles. The molecule has 3 aromatic heterocycles. The summed E-state index contributed by atoms with van der Waals surface area (Å²) >= 11 is 0. The van der Waals surface area contributed by atoms with Gasteiger partial charge in [0, 0.05) is 42.4 Å². The highest BCUT2D eigenvalue weighted by Crippen LogP contribution is 2.27. The third-order valence-electron chi connectivity index (χ3n) is 6.11. The summed E-state index contributed by atoms with van der Waals surface area (Å²) in [6.07, 6.45) is 4.09. The van der Waals surface area contributed by atoms with E-state index >= 15 is 0 Å². The largest absolute Gasteiger partial charge is 0.380 e. The molecule has 11 heteroatoms. The van der Waals surface area contributed by atoms with Crippen LogP contribution < -0.4 is 15.5 Å². The molecule has 0 saturated carbocycles. The van der Waals surface area contributed by atoms with Crippen molar-refractivity contribution < 1.29 is 14.1 Å². The lowest BCUT2D eigenvalue weighted by atomic mass is 9.93. The van der Waals surface area contributed by atoms with Crippen LogP contribution in [-0.2, 0) is 10.2 Å². The minimum atomic E-state index is -0.294. The maximum Gasteiger partial charge on any atom is 0.256 e. The van der Waals surface area contributed by atoms with Gasteiger partial charge in [-0.3, -0.25) is 4.79 Å². The van der Waals surface area contributed by atoms with Gasteiger partial charge >= 0.3 is 0 Å². The van der Waals surface area contributed by atoms with Crippen molar-refractivity contribution in [3.63, 3.8) is 0 Å². The molecule has 0 unspecified atom stereocenters. The number of aryl methyl sites for hydroxylation is 1. The number of anilines is 4. The van der Waals surface area contributed by atoms with Crippen molar-refractivity contribution in [1.29, 1.82) is 0 Å². The normalized spacial score (nSPS) is 14.4. The number of ether oxygens (including phenoxy) is 1. The number of aromatic nitrogens is 5. The second-order valence-corrected chi connectivity index (χ2v) is 10.0. The first kappa shape index (κ1) is 24.6. The Morgan fingerprint density at radius 3 is 2.76 bits per heavy atom. The summed E-state index contributed by atoms with van der Waals surface area (Å²) in [5, 5.41) is 10.1. The van der Waals surface area contributed by atoms with Crippen LogP contribution in [-0.4, -0.2) is 57.3 Å². The molecule has 5 rings (SSSR count). The van der Waals surface area contributed by atoms with Crippen LogP contribution in [0.4, 0.5) is 23.3 Å². The van der Waals surface area contributed by atoms with Crippen molar-refractivity contribution in [2.24, 2.45) is 0 Å². The van der Waals surface area contributed by atoms with Gasteiger partial charge in [0.15, 0.2) is 11.6 Å². The Balaban J connectivity index is 1.40. The van der Waals surface area contributed by atoms with Crippen LogP contribution in [0.25, 0.3) is 11.0 Å². The van der Waals surface area contributed by atoms with Crippen molar-refractivity contribution in [3.8, 4) is 0 Å². The van der Waals surface area contributed by atoms with E-state index in [9.17, 15) is 4.79 Å². The molecule has 0 radical (unpaired) electrons. The van der Waals surface area contributed by atoms with Crippen LogP contribution in [0, 0.1) is 6.92 Å². The van der Waals surface area contributed by atoms with E-state index in [1.807, 2.05) is 33.8 Å². The Kier molecular flexibility index (Phi) is 6.70. The van der Waals surface area contributed by atoms with Crippen LogP contribution in [0.1, 0.15) is 48.9 Å². The smallest absolute Gasteiger partial charge is 0.256 e. The second kappa shape index (κ2) is 10.1. The Bertz CT molecular complexity index is 1420. The zero-order valence-electron chi connectivity index (χ0n) is 21.4. The third kappa shape index (κ3) is 5.51. The summed E-state index contributed by atoms with van der Waals surface area (Å²) < 4.78 is 10.9. The maximum atomic E-state index is 13.0. The minimum Gasteiger partial charge on any atom is -0.380 e. The van der Waals surface area contributed by atoms with Crippen molar-refractivity contribution in [2.75, 3.05) is 41.8 Å². The van der Waals surface area contributed by atoms with E-state index < -0.39 is 0 Å². The lowest BCUT2D eigenvalue weighted by molar-refractivity contribution is 0.102. The van der Waals surface area contributed by atoms with Gasteiger partial charge in [0.25, 0.3) is 5.91 Å². The number of carbonyl (C=O) groups excluding carboxylic acids is 1. The molecular formula is C26H30N8O3. The average molecular weight is 503 g/mol. The Morgan fingerprint density at radius 2 is 1.95 bits per heavy atom. The molecule has 1 saturated heterocycles. The van der Waals surface area contributed by atoms with Gasteiger partial charge in [-0.25, -0.2) is 19.9 Å². The van der Waals surface area contributed by atoms with Gasteiger partial charge in [-0.15, -0.1) is 0 Å². The summed E-state index contributed by atoms with van der Waals surface area (Å²) in [5.74, 6) is 1.92. The fraction of sp³-hybridized carbons (Fsp3) is 0.385. The topological polar surface area (TPSA) is 131 Å². The van der Waals surface area contributed by atoms with Crippen molar-refractivity contribution in [1.82, 2.24) is 25.1 Å². The van der Waals surface area contributed by atoms with E-state index in [1.54, 1.807) is 24.4 Å². The molecule has 1 amide bonds. The van der Waals surface area contributed by atoms with Crippen LogP contribution in [0.2, 0.25) is 0 Å². The van der Waals surface area contributed by atoms with E-state index in [1.165, 1.54) is 6.33 Å². The number of nitrogens with zero attached hydrogens (tertiary/aromatic N) is 6. The molecule has 1 aliphatic heterocycles. The standard InChI is InChI=1S/C26H30N8O3/c1-16-6-7-17(24(35)31-21-13-20(37-33-21)26(2,3)4)12-18(16)30-23-22-19(28-15-29-23)14-27-25(32-22)34-8-5-10-36-11-9-34/h6-7,12-15H,5,8-11H2,1-4H3,(H,28,29,30)(H,31,33,35). The quantitative estimate of drug-likeness (QED) is 0.408. The first-order valence-electron chi connectivity index (χ1n) is 12.2. The van der Waals surface area contributed by atoms with Gasteiger partial charge in [0.1, 0.15) is 23.1 Å². The average Bonchev–Trinajstić information content (AvgIpc) is 3.19. The highest BCUT2D eigenvalue weighted by molar-refractivity contribution is 6.04. The maximum absolute atomic E-state index is 13.0. The van der Waals surface area contributed by atoms with E-state index in [4.69, 9.17) is 14.2 Å². The predicted molar refractivity (Wildman–Crippen MR) is 140 cm³/mol. The lowest BCUT2D eigenvalue weighted by Crippen LogP contribution is -2.27. The number of fused-ring (bicyclic) bond motifs is 1. The first-order chi connectivity index (χ1) is 17.8. The van der Waals surface area contributed by atoms with Gasteiger partial charge in [-0.2, -0.15) is 0 Å². The number of carbonyl (C=O) groups is 1. The molecule has 0 spiro atoms. The van der Waals surface area contributed by atoms with Crippen molar-refractivity contribution >= 4 is 40.2 Å². The number of benzene rings is 1. The molecular weight excluding hydrogens is 472 g/mol. The summed E-state index contributed by atoms with van der Waals surface area (Å²) in [7, 11) is 0. The number of hydrogen-bond donors (Lipinski definition) is 2. The van der Waals surface area contributed by atoms with Gasteiger partial charge in [-0.1, -0.05) is 32.0 Å². The minimum absolute atomic E-state index is 0.207. The molecule has 11 nitrogen and oxygen atoms in total. The molecule has 0 atom stereocenters. The van der Waals surface area contributed by atoms with E-state index in [2.05, 4.69) is 35.6 Å². The number of rotatable bonds is 5. The van der Waals surface area contributed by atoms with E-state index in [-0.39, 0.29) is 11.3 Å². The Morgan fingerprint density at radius 1 is 1.08 bits per heavy atom. The molecule has 0 bridgehead atoms. The van der Waals surface area contributed by atoms with Crippen molar-refractivity contribution in [3.05, 3.63) is 53.7 Å². The molecule has 192 valence electrons. The summed E-state index contributed by atoms with van der Waals surface area (Å²) in [6.45, 7) is 10.9. The molecule has 4 aromatic rings. The van der Waals surface area contributed by atoms with Crippen molar-refractivity contribution in [2.45, 2.75) is 39.5 Å². The number of hydrogen-bond acceptors (Lipinski definition) is 10. The fourth-order valence-electron chi connectivity index (χ4n) is 3.94. The molecule has 37 heavy (non-hydrogen) atoms. The third-order valence-corrected chi connectivity index (χ3v) is 6.11. The summed E-state index contributed by atoms with van der Waals surface area (Å²) in [6, 6.07) is 7.16. The molecule has 1 fully saturated rings. The Hall–Kier alpha value is -4.12. The monoisotopic (exact) mass is 502 g/mol. The van der Waals surface area contributed by atoms with Crippen LogP contribution in [0.15, 0.2) is 41.3 Å². The first-order valence-corrected chi connectivity index (χ1v) is 12.2. The Labute approximate surface area is 214 Å². The zero-order chi connectivity index (χ0) is 26.0. The van der Waals surface area contributed by atoms with Crippen LogP contribution in [0.3, 0.4) is 0 Å². The van der Waals surface area contributed by atoms with Gasteiger partial charge in [0.05, 0.1) is 12.8 Å². The number of amides is 1. The summed E-state index contributed by atoms with van der Waals surface area (Å²) in [4.78, 5) is 33.1. The van der Waals surface area contributed by atoms with Gasteiger partial charge in [-0.05, 0) is 31.0 Å². The molecule has 2 N–H and O–H groups in total.